The molecule has 1 saturated heterocycles. The maximum atomic E-state index is 11.6. The third-order valence-electron chi connectivity index (χ3n) is 3.53. The van der Waals surface area contributed by atoms with Crippen LogP contribution in [-0.2, 0) is 11.3 Å². The number of hydrogen-bond acceptors (Lipinski definition) is 3. The quantitative estimate of drug-likeness (QED) is 0.878. The summed E-state index contributed by atoms with van der Waals surface area (Å²) in [6.07, 6.45) is 0.959. The minimum Gasteiger partial charge on any atom is -0.362 e. The molecule has 0 unspecified atom stereocenters. The van der Waals surface area contributed by atoms with Gasteiger partial charge in [-0.15, -0.1) is 0 Å². The lowest BCUT2D eigenvalue weighted by atomic mass is 10.1. The number of anilines is 1. The van der Waals surface area contributed by atoms with Crippen molar-refractivity contribution in [3.63, 3.8) is 0 Å². The zero-order chi connectivity index (χ0) is 15.2. The van der Waals surface area contributed by atoms with E-state index in [0.29, 0.717) is 12.5 Å². The minimum absolute atomic E-state index is 0.0753. The van der Waals surface area contributed by atoms with E-state index in [2.05, 4.69) is 35.4 Å². The van der Waals surface area contributed by atoms with Gasteiger partial charge in [0.05, 0.1) is 6.54 Å². The Hall–Kier alpha value is -1.26. The molecular weight excluding hydrogens is 286 g/mol. The molecule has 1 aliphatic heterocycles. The second-order valence-corrected chi connectivity index (χ2v) is 6.33. The van der Waals surface area contributed by atoms with Gasteiger partial charge >= 0.3 is 0 Å². The first-order valence-corrected chi connectivity index (χ1v) is 7.95. The van der Waals surface area contributed by atoms with Gasteiger partial charge in [-0.1, -0.05) is 31.5 Å². The van der Waals surface area contributed by atoms with Gasteiger partial charge in [-0.2, -0.15) is 0 Å². The largest absolute Gasteiger partial charge is 0.362 e. The molecule has 0 spiro atoms. The van der Waals surface area contributed by atoms with Gasteiger partial charge in [0.25, 0.3) is 0 Å². The van der Waals surface area contributed by atoms with Crippen LogP contribution in [-0.4, -0.2) is 32.1 Å². The predicted molar refractivity (Wildman–Crippen MR) is 87.8 cm³/mol. The Labute approximate surface area is 131 Å². The highest BCUT2D eigenvalue weighted by atomic mass is 35.5. The van der Waals surface area contributed by atoms with Crippen molar-refractivity contribution in [1.82, 2.24) is 10.6 Å². The van der Waals surface area contributed by atoms with E-state index in [1.54, 1.807) is 0 Å². The van der Waals surface area contributed by atoms with Gasteiger partial charge in [0.1, 0.15) is 0 Å². The van der Waals surface area contributed by atoms with E-state index >= 15 is 0 Å². The molecule has 0 radical (unpaired) electrons. The number of hydrogen-bond donors (Lipinski definition) is 2. The minimum atomic E-state index is 0.0753. The zero-order valence-corrected chi connectivity index (χ0v) is 13.5. The van der Waals surface area contributed by atoms with Crippen molar-refractivity contribution in [3.8, 4) is 0 Å². The van der Waals surface area contributed by atoms with Crippen LogP contribution in [0, 0.1) is 5.92 Å². The number of benzene rings is 1. The highest BCUT2D eigenvalue weighted by molar-refractivity contribution is 6.31. The molecule has 0 bridgehead atoms. The molecule has 1 aromatic rings. The average Bonchev–Trinajstić information content (AvgIpc) is 2.65. The first-order chi connectivity index (χ1) is 10.1. The number of halogens is 1. The van der Waals surface area contributed by atoms with Gasteiger partial charge < -0.3 is 15.5 Å². The summed E-state index contributed by atoms with van der Waals surface area (Å²) in [5, 5.41) is 7.04. The molecule has 1 aliphatic rings. The van der Waals surface area contributed by atoms with E-state index in [1.807, 2.05) is 12.1 Å². The smallest absolute Gasteiger partial charge is 0.239 e. The van der Waals surface area contributed by atoms with Gasteiger partial charge in [0.2, 0.25) is 5.91 Å². The Morgan fingerprint density at radius 2 is 2.24 bits per heavy atom. The standard InChI is InChI=1S/C16H24ClN3O/c1-12(2)9-18-10-13-4-5-14(8-15(13)17)20-7-3-6-19-16(21)11-20/h4-5,8,12,18H,3,6-7,9-11H2,1-2H3,(H,19,21). The monoisotopic (exact) mass is 309 g/mol. The van der Waals surface area contributed by atoms with E-state index in [4.69, 9.17) is 11.6 Å². The maximum absolute atomic E-state index is 11.6. The van der Waals surface area contributed by atoms with Crippen molar-refractivity contribution in [2.24, 2.45) is 5.92 Å². The van der Waals surface area contributed by atoms with Crippen molar-refractivity contribution in [2.45, 2.75) is 26.8 Å². The maximum Gasteiger partial charge on any atom is 0.239 e. The number of nitrogens with zero attached hydrogens (tertiary/aromatic N) is 1. The van der Waals surface area contributed by atoms with Crippen LogP contribution in [0.2, 0.25) is 5.02 Å². The number of carbonyl (C=O) groups excluding carboxylic acids is 1. The Morgan fingerprint density at radius 1 is 1.43 bits per heavy atom. The molecule has 0 aliphatic carbocycles. The fraction of sp³-hybridized carbons (Fsp3) is 0.562. The molecule has 1 heterocycles. The van der Waals surface area contributed by atoms with Crippen molar-refractivity contribution in [2.75, 3.05) is 31.1 Å². The van der Waals surface area contributed by atoms with E-state index in [1.165, 1.54) is 0 Å². The fourth-order valence-corrected chi connectivity index (χ4v) is 2.64. The van der Waals surface area contributed by atoms with Crippen LogP contribution < -0.4 is 15.5 Å². The number of amides is 1. The molecule has 0 saturated carbocycles. The molecule has 0 atom stereocenters. The Kier molecular flexibility index (Phi) is 5.88. The lowest BCUT2D eigenvalue weighted by Crippen LogP contribution is -2.33. The summed E-state index contributed by atoms with van der Waals surface area (Å²) >= 11 is 6.37. The first-order valence-electron chi connectivity index (χ1n) is 7.57. The van der Waals surface area contributed by atoms with Gasteiger partial charge in [0.15, 0.2) is 0 Å². The van der Waals surface area contributed by atoms with E-state index in [-0.39, 0.29) is 5.91 Å². The van der Waals surface area contributed by atoms with Crippen molar-refractivity contribution in [3.05, 3.63) is 28.8 Å². The molecule has 116 valence electrons. The highest BCUT2D eigenvalue weighted by Crippen LogP contribution is 2.24. The molecule has 2 rings (SSSR count). The Bertz CT molecular complexity index is 490. The van der Waals surface area contributed by atoms with Gasteiger partial charge in [0, 0.05) is 30.3 Å². The van der Waals surface area contributed by atoms with Crippen LogP contribution in [0.15, 0.2) is 18.2 Å². The van der Waals surface area contributed by atoms with Crippen LogP contribution in [0.5, 0.6) is 0 Å². The summed E-state index contributed by atoms with van der Waals surface area (Å²) in [5.41, 5.74) is 2.12. The number of carbonyl (C=O) groups is 1. The second kappa shape index (κ2) is 7.66. The van der Waals surface area contributed by atoms with Gasteiger partial charge in [-0.25, -0.2) is 0 Å². The zero-order valence-electron chi connectivity index (χ0n) is 12.8. The Balaban J connectivity index is 2.02. The second-order valence-electron chi connectivity index (χ2n) is 5.93. The predicted octanol–water partition coefficient (Wildman–Crippen LogP) is 2.41. The SMILES string of the molecule is CC(C)CNCc1ccc(N2CCCNC(=O)C2)cc1Cl. The van der Waals surface area contributed by atoms with E-state index in [9.17, 15) is 4.79 Å². The summed E-state index contributed by atoms with van der Waals surface area (Å²) in [5.74, 6) is 0.699. The lowest BCUT2D eigenvalue weighted by Gasteiger charge is -2.22. The summed E-state index contributed by atoms with van der Waals surface area (Å²) in [6, 6.07) is 6.07. The van der Waals surface area contributed by atoms with Crippen LogP contribution in [0.4, 0.5) is 5.69 Å². The highest BCUT2D eigenvalue weighted by Gasteiger charge is 2.15. The summed E-state index contributed by atoms with van der Waals surface area (Å²) in [6.45, 7) is 8.15. The van der Waals surface area contributed by atoms with Crippen LogP contribution in [0.3, 0.4) is 0 Å². The normalized spacial score (nSPS) is 16.0. The molecule has 4 nitrogen and oxygen atoms in total. The molecule has 1 amide bonds. The van der Waals surface area contributed by atoms with Gasteiger partial charge in [-0.3, -0.25) is 4.79 Å². The number of rotatable bonds is 5. The summed E-state index contributed by atoms with van der Waals surface area (Å²) in [7, 11) is 0. The third kappa shape index (κ3) is 4.90. The topological polar surface area (TPSA) is 44.4 Å². The Morgan fingerprint density at radius 3 is 2.95 bits per heavy atom. The molecular formula is C16H24ClN3O. The van der Waals surface area contributed by atoms with Crippen molar-refractivity contribution >= 4 is 23.2 Å². The summed E-state index contributed by atoms with van der Waals surface area (Å²) in [4.78, 5) is 13.7. The molecule has 1 fully saturated rings. The average molecular weight is 310 g/mol. The molecule has 1 aromatic carbocycles. The fourth-order valence-electron chi connectivity index (χ4n) is 2.40. The van der Waals surface area contributed by atoms with Crippen molar-refractivity contribution < 1.29 is 4.79 Å². The molecule has 2 N–H and O–H groups in total. The third-order valence-corrected chi connectivity index (χ3v) is 3.88. The van der Waals surface area contributed by atoms with Gasteiger partial charge in [-0.05, 0) is 36.6 Å². The van der Waals surface area contributed by atoms with E-state index in [0.717, 1.165) is 48.9 Å². The first kappa shape index (κ1) is 16.1. The molecule has 21 heavy (non-hydrogen) atoms. The van der Waals surface area contributed by atoms with Crippen LogP contribution >= 0.6 is 11.6 Å². The molecule has 5 heteroatoms. The van der Waals surface area contributed by atoms with Crippen LogP contribution in [0.25, 0.3) is 0 Å². The number of nitrogens with one attached hydrogen (secondary N) is 2. The van der Waals surface area contributed by atoms with Crippen molar-refractivity contribution in [1.29, 1.82) is 0 Å². The van der Waals surface area contributed by atoms with Crippen LogP contribution in [0.1, 0.15) is 25.8 Å². The van der Waals surface area contributed by atoms with E-state index < -0.39 is 0 Å². The lowest BCUT2D eigenvalue weighted by molar-refractivity contribution is -0.119. The molecule has 0 aromatic heterocycles. The summed E-state index contributed by atoms with van der Waals surface area (Å²) < 4.78 is 0.